The van der Waals surface area contributed by atoms with Gasteiger partial charge in [-0.1, -0.05) is 0 Å². The maximum absolute atomic E-state index is 12.9. The molecule has 142 valence electrons. The lowest BCUT2D eigenvalue weighted by atomic mass is 9.79. The van der Waals surface area contributed by atoms with Crippen molar-refractivity contribution in [2.45, 2.75) is 32.1 Å². The molecule has 2 N–H and O–H groups in total. The van der Waals surface area contributed by atoms with E-state index in [4.69, 9.17) is 10.5 Å². The third kappa shape index (κ3) is 5.21. The Hall–Kier alpha value is -0.0700. The maximum Gasteiger partial charge on any atom is 0.230 e. The van der Waals surface area contributed by atoms with Crippen molar-refractivity contribution < 1.29 is 9.53 Å². The van der Waals surface area contributed by atoms with E-state index in [9.17, 15) is 4.79 Å². The molecule has 0 radical (unpaired) electrons. The lowest BCUT2D eigenvalue weighted by Crippen LogP contribution is -2.50. The van der Waals surface area contributed by atoms with Crippen LogP contribution >= 0.6 is 24.8 Å². The van der Waals surface area contributed by atoms with Crippen molar-refractivity contribution in [3.8, 4) is 0 Å². The van der Waals surface area contributed by atoms with E-state index >= 15 is 0 Å². The second-order valence-electron chi connectivity index (χ2n) is 7.67. The molecular formula is C17H33Cl2N3O2. The molecule has 2 heterocycles. The first-order chi connectivity index (χ1) is 10.6. The number of nitrogens with zero attached hydrogens (tertiary/aromatic N) is 2. The number of nitrogens with two attached hydrogens (primary N) is 1. The highest BCUT2D eigenvalue weighted by atomic mass is 35.5. The van der Waals surface area contributed by atoms with Gasteiger partial charge in [0, 0.05) is 45.9 Å². The number of likely N-dealkylation sites (tertiary alicyclic amines) is 1. The van der Waals surface area contributed by atoms with Crippen LogP contribution < -0.4 is 5.73 Å². The fourth-order valence-electron chi connectivity index (χ4n) is 4.03. The summed E-state index contributed by atoms with van der Waals surface area (Å²) in [5, 5.41) is 0. The Morgan fingerprint density at radius 1 is 1.17 bits per heavy atom. The molecule has 0 bridgehead atoms. The molecule has 0 spiro atoms. The summed E-state index contributed by atoms with van der Waals surface area (Å²) in [5.41, 5.74) is 5.62. The number of hydrogen-bond acceptors (Lipinski definition) is 4. The van der Waals surface area contributed by atoms with Crippen molar-refractivity contribution in [1.29, 1.82) is 0 Å². The molecular weight excluding hydrogens is 349 g/mol. The molecule has 3 rings (SSSR count). The Labute approximate surface area is 158 Å². The molecule has 24 heavy (non-hydrogen) atoms. The van der Waals surface area contributed by atoms with E-state index in [1.165, 1.54) is 19.4 Å². The van der Waals surface area contributed by atoms with Gasteiger partial charge >= 0.3 is 0 Å². The van der Waals surface area contributed by atoms with Crippen molar-refractivity contribution in [3.63, 3.8) is 0 Å². The minimum Gasteiger partial charge on any atom is -0.381 e. The summed E-state index contributed by atoms with van der Waals surface area (Å²) < 4.78 is 5.42. The predicted octanol–water partition coefficient (Wildman–Crippen LogP) is 1.78. The Morgan fingerprint density at radius 2 is 1.79 bits per heavy atom. The summed E-state index contributed by atoms with van der Waals surface area (Å²) in [6, 6.07) is 0. The summed E-state index contributed by atoms with van der Waals surface area (Å²) in [7, 11) is 2.22. The third-order valence-electron chi connectivity index (χ3n) is 5.70. The van der Waals surface area contributed by atoms with Gasteiger partial charge in [0.25, 0.3) is 0 Å². The van der Waals surface area contributed by atoms with Crippen molar-refractivity contribution in [1.82, 2.24) is 9.80 Å². The minimum absolute atomic E-state index is 0. The summed E-state index contributed by atoms with van der Waals surface area (Å²) in [6.45, 7) is 5.97. The molecule has 7 heteroatoms. The average molecular weight is 382 g/mol. The molecule has 1 saturated carbocycles. The topological polar surface area (TPSA) is 58.8 Å². The zero-order valence-corrected chi connectivity index (χ0v) is 16.4. The van der Waals surface area contributed by atoms with Gasteiger partial charge in [-0.25, -0.2) is 0 Å². The number of ether oxygens (including phenoxy) is 1. The predicted molar refractivity (Wildman–Crippen MR) is 101 cm³/mol. The highest BCUT2D eigenvalue weighted by molar-refractivity contribution is 5.85. The summed E-state index contributed by atoms with van der Waals surface area (Å²) >= 11 is 0. The van der Waals surface area contributed by atoms with E-state index in [0.29, 0.717) is 25.7 Å². The van der Waals surface area contributed by atoms with Crippen molar-refractivity contribution in [2.75, 3.05) is 53.0 Å². The molecule has 2 aliphatic heterocycles. The van der Waals surface area contributed by atoms with Crippen LogP contribution in [0.25, 0.3) is 0 Å². The normalized spacial score (nSPS) is 26.0. The van der Waals surface area contributed by atoms with Crippen LogP contribution in [-0.2, 0) is 9.53 Å². The average Bonchev–Trinajstić information content (AvgIpc) is 3.22. The number of carbonyl (C=O) groups is 1. The first-order valence-electron chi connectivity index (χ1n) is 8.89. The fourth-order valence-corrected chi connectivity index (χ4v) is 4.03. The molecule has 1 atom stereocenters. The van der Waals surface area contributed by atoms with Gasteiger partial charge in [0.15, 0.2) is 0 Å². The molecule has 1 amide bonds. The lowest BCUT2D eigenvalue weighted by molar-refractivity contribution is -0.146. The van der Waals surface area contributed by atoms with E-state index in [1.54, 1.807) is 0 Å². The molecule has 5 nitrogen and oxygen atoms in total. The number of hydrogen-bond donors (Lipinski definition) is 1. The second kappa shape index (κ2) is 9.58. The monoisotopic (exact) mass is 381 g/mol. The molecule has 0 aromatic rings. The van der Waals surface area contributed by atoms with Gasteiger partial charge in [0.1, 0.15) is 0 Å². The number of amides is 1. The van der Waals surface area contributed by atoms with Crippen LogP contribution in [0.15, 0.2) is 0 Å². The van der Waals surface area contributed by atoms with E-state index in [2.05, 4.69) is 16.8 Å². The second-order valence-corrected chi connectivity index (χ2v) is 7.67. The Balaban J connectivity index is 0.00000144. The van der Waals surface area contributed by atoms with Crippen LogP contribution in [0.1, 0.15) is 32.1 Å². The van der Waals surface area contributed by atoms with Gasteiger partial charge < -0.3 is 20.3 Å². The Bertz CT molecular complexity index is 401. The number of carbonyl (C=O) groups excluding carboxylic acids is 1. The Morgan fingerprint density at radius 3 is 2.38 bits per heavy atom. The maximum atomic E-state index is 12.9. The van der Waals surface area contributed by atoms with E-state index in [0.717, 1.165) is 44.8 Å². The molecule has 0 aromatic heterocycles. The summed E-state index contributed by atoms with van der Waals surface area (Å²) in [4.78, 5) is 17.5. The zero-order valence-electron chi connectivity index (χ0n) is 14.7. The third-order valence-corrected chi connectivity index (χ3v) is 5.70. The lowest BCUT2D eigenvalue weighted by Gasteiger charge is -2.37. The van der Waals surface area contributed by atoms with Crippen LogP contribution in [0.3, 0.4) is 0 Å². The summed E-state index contributed by atoms with van der Waals surface area (Å²) in [6.07, 6.45) is 5.51. The molecule has 1 aliphatic carbocycles. The highest BCUT2D eigenvalue weighted by Crippen LogP contribution is 2.34. The van der Waals surface area contributed by atoms with Gasteiger partial charge in [0.05, 0.1) is 5.41 Å². The standard InChI is InChI=1S/C17H31N3O2.2ClH/c1-19(10-14-2-3-14)11-15-4-7-20(12-15)16(21)17(13-18)5-8-22-9-6-17;;/h14-15H,2-13,18H2,1H3;2*1H. The highest BCUT2D eigenvalue weighted by Gasteiger charge is 2.43. The number of rotatable bonds is 6. The zero-order chi connectivity index (χ0) is 15.6. The van der Waals surface area contributed by atoms with Gasteiger partial charge in [-0.15, -0.1) is 24.8 Å². The van der Waals surface area contributed by atoms with Crippen LogP contribution in [0.5, 0.6) is 0 Å². The van der Waals surface area contributed by atoms with E-state index in [-0.39, 0.29) is 36.1 Å². The molecule has 2 saturated heterocycles. The van der Waals surface area contributed by atoms with Gasteiger partial charge in [-0.05, 0) is 51.0 Å². The van der Waals surface area contributed by atoms with Gasteiger partial charge in [-0.3, -0.25) is 4.79 Å². The molecule has 1 unspecified atom stereocenters. The van der Waals surface area contributed by atoms with Crippen LogP contribution in [-0.4, -0.2) is 68.7 Å². The SMILES string of the molecule is CN(CC1CC1)CC1CCN(C(=O)C2(CN)CCOCC2)C1.Cl.Cl. The first-order valence-corrected chi connectivity index (χ1v) is 8.89. The quantitative estimate of drug-likeness (QED) is 0.761. The van der Waals surface area contributed by atoms with Crippen LogP contribution in [0.4, 0.5) is 0 Å². The van der Waals surface area contributed by atoms with Crippen molar-refractivity contribution in [3.05, 3.63) is 0 Å². The van der Waals surface area contributed by atoms with E-state index < -0.39 is 0 Å². The Kier molecular flexibility index (Phi) is 8.77. The van der Waals surface area contributed by atoms with E-state index in [1.807, 2.05) is 0 Å². The van der Waals surface area contributed by atoms with Gasteiger partial charge in [0.2, 0.25) is 5.91 Å². The van der Waals surface area contributed by atoms with Crippen molar-refractivity contribution in [2.24, 2.45) is 23.0 Å². The largest absolute Gasteiger partial charge is 0.381 e. The smallest absolute Gasteiger partial charge is 0.230 e. The summed E-state index contributed by atoms with van der Waals surface area (Å²) in [5.74, 6) is 1.85. The van der Waals surface area contributed by atoms with Crippen molar-refractivity contribution >= 4 is 30.7 Å². The molecule has 3 aliphatic rings. The van der Waals surface area contributed by atoms with Crippen LogP contribution in [0.2, 0.25) is 0 Å². The van der Waals surface area contributed by atoms with Gasteiger partial charge in [-0.2, -0.15) is 0 Å². The fraction of sp³-hybridized carbons (Fsp3) is 0.941. The number of halogens is 2. The molecule has 3 fully saturated rings. The minimum atomic E-state index is -0.354. The first kappa shape index (κ1) is 22.0. The van der Waals surface area contributed by atoms with Crippen LogP contribution in [0, 0.1) is 17.3 Å². The molecule has 0 aromatic carbocycles.